The van der Waals surface area contributed by atoms with Gasteiger partial charge in [-0.1, -0.05) is 20.8 Å². The number of carbonyl (C=O) groups is 2. The maximum atomic E-state index is 12.9. The zero-order chi connectivity index (χ0) is 21.1. The summed E-state index contributed by atoms with van der Waals surface area (Å²) in [5.74, 6) is -0.379. The van der Waals surface area contributed by atoms with E-state index in [2.05, 4.69) is 4.99 Å². The highest BCUT2D eigenvalue weighted by Crippen LogP contribution is 2.46. The standard InChI is InChI=1S/C21H29NO5S/c1-5-8-18(23)15-12-16(19(24)9-6-2)20-17(13-15)22-14(3)21(20,4)10-7-11-28(25,26)27/h12-13H,5-11H2,1-4H3,(H,25,26,27). The van der Waals surface area contributed by atoms with Crippen LogP contribution in [0.15, 0.2) is 17.1 Å². The van der Waals surface area contributed by atoms with Crippen molar-refractivity contribution in [3.63, 3.8) is 0 Å². The van der Waals surface area contributed by atoms with Gasteiger partial charge in [-0.05, 0) is 44.7 Å². The molecule has 1 N–H and O–H groups in total. The minimum Gasteiger partial charge on any atom is -0.294 e. The lowest BCUT2D eigenvalue weighted by Crippen LogP contribution is -2.30. The molecule has 1 unspecified atom stereocenters. The third kappa shape index (κ3) is 4.75. The van der Waals surface area contributed by atoms with Gasteiger partial charge in [0.05, 0.1) is 11.4 Å². The van der Waals surface area contributed by atoms with E-state index in [1.165, 1.54) is 0 Å². The van der Waals surface area contributed by atoms with Crippen molar-refractivity contribution in [2.24, 2.45) is 4.99 Å². The van der Waals surface area contributed by atoms with E-state index in [0.717, 1.165) is 17.7 Å². The number of ketones is 2. The third-order valence-corrected chi connectivity index (χ3v) is 6.22. The van der Waals surface area contributed by atoms with Crippen molar-refractivity contribution in [2.45, 2.75) is 71.6 Å². The molecule has 1 aromatic carbocycles. The normalized spacial score (nSPS) is 18.7. The molecule has 0 amide bonds. The van der Waals surface area contributed by atoms with Gasteiger partial charge in [0.2, 0.25) is 0 Å². The molecule has 154 valence electrons. The molecule has 0 saturated heterocycles. The number of carbonyl (C=O) groups excluding carboxylic acids is 2. The molecule has 7 heteroatoms. The van der Waals surface area contributed by atoms with Gasteiger partial charge in [-0.25, -0.2) is 0 Å². The Kier molecular flexibility index (Phi) is 6.93. The molecule has 0 saturated carbocycles. The van der Waals surface area contributed by atoms with E-state index >= 15 is 0 Å². The van der Waals surface area contributed by atoms with Crippen LogP contribution in [-0.4, -0.2) is 36.0 Å². The van der Waals surface area contributed by atoms with Crippen molar-refractivity contribution in [1.29, 1.82) is 0 Å². The fourth-order valence-corrected chi connectivity index (χ4v) is 4.32. The Morgan fingerprint density at radius 1 is 1.11 bits per heavy atom. The zero-order valence-electron chi connectivity index (χ0n) is 17.0. The molecule has 0 spiro atoms. The fraction of sp³-hybridized carbons (Fsp3) is 0.571. The molecule has 1 aromatic rings. The topological polar surface area (TPSA) is 101 Å². The zero-order valence-corrected chi connectivity index (χ0v) is 17.9. The van der Waals surface area contributed by atoms with Crippen LogP contribution in [0.5, 0.6) is 0 Å². The summed E-state index contributed by atoms with van der Waals surface area (Å²) in [4.78, 5) is 29.9. The first-order chi connectivity index (χ1) is 13.0. The maximum Gasteiger partial charge on any atom is 0.264 e. The van der Waals surface area contributed by atoms with Gasteiger partial charge in [0.25, 0.3) is 10.1 Å². The molecule has 0 radical (unpaired) electrons. The second kappa shape index (κ2) is 8.66. The Balaban J connectivity index is 2.54. The van der Waals surface area contributed by atoms with Gasteiger partial charge >= 0.3 is 0 Å². The van der Waals surface area contributed by atoms with E-state index in [9.17, 15) is 18.0 Å². The molecule has 1 aliphatic rings. The number of benzene rings is 1. The van der Waals surface area contributed by atoms with Gasteiger partial charge < -0.3 is 0 Å². The smallest absolute Gasteiger partial charge is 0.264 e. The minimum atomic E-state index is -4.05. The average molecular weight is 408 g/mol. The Hall–Kier alpha value is -1.86. The highest BCUT2D eigenvalue weighted by molar-refractivity contribution is 7.85. The number of hydrogen-bond donors (Lipinski definition) is 1. The van der Waals surface area contributed by atoms with Crippen LogP contribution >= 0.6 is 0 Å². The summed E-state index contributed by atoms with van der Waals surface area (Å²) in [5, 5.41) is 0. The van der Waals surface area contributed by atoms with E-state index in [4.69, 9.17) is 4.55 Å². The first-order valence-corrected chi connectivity index (χ1v) is 11.4. The summed E-state index contributed by atoms with van der Waals surface area (Å²) in [7, 11) is -4.05. The summed E-state index contributed by atoms with van der Waals surface area (Å²) in [6, 6.07) is 3.43. The van der Waals surface area contributed by atoms with E-state index in [1.807, 2.05) is 27.7 Å². The lowest BCUT2D eigenvalue weighted by molar-refractivity contribution is 0.0979. The fourth-order valence-electron chi connectivity index (χ4n) is 3.81. The number of fused-ring (bicyclic) bond motifs is 1. The summed E-state index contributed by atoms with van der Waals surface area (Å²) in [6.07, 6.45) is 2.89. The molecular formula is C21H29NO5S. The summed E-state index contributed by atoms with van der Waals surface area (Å²) in [5.41, 5.74) is 2.57. The van der Waals surface area contributed by atoms with Crippen molar-refractivity contribution in [3.8, 4) is 0 Å². The molecule has 1 aliphatic heterocycles. The average Bonchev–Trinajstić information content (AvgIpc) is 2.84. The van der Waals surface area contributed by atoms with Crippen LogP contribution < -0.4 is 0 Å². The molecule has 0 aliphatic carbocycles. The Labute approximate surface area is 167 Å². The van der Waals surface area contributed by atoms with E-state index < -0.39 is 15.5 Å². The van der Waals surface area contributed by atoms with Gasteiger partial charge in [0, 0.05) is 40.7 Å². The van der Waals surface area contributed by atoms with Crippen LogP contribution in [0, 0.1) is 0 Å². The monoisotopic (exact) mass is 407 g/mol. The first-order valence-electron chi connectivity index (χ1n) is 9.79. The van der Waals surface area contributed by atoms with E-state index in [1.54, 1.807) is 12.1 Å². The van der Waals surface area contributed by atoms with Gasteiger partial charge in [-0.2, -0.15) is 8.42 Å². The van der Waals surface area contributed by atoms with Crippen molar-refractivity contribution in [1.82, 2.24) is 0 Å². The largest absolute Gasteiger partial charge is 0.294 e. The molecular weight excluding hydrogens is 378 g/mol. The molecule has 2 rings (SSSR count). The number of hydrogen-bond acceptors (Lipinski definition) is 5. The Morgan fingerprint density at radius 2 is 1.71 bits per heavy atom. The highest BCUT2D eigenvalue weighted by Gasteiger charge is 2.40. The van der Waals surface area contributed by atoms with Gasteiger partial charge in [0.1, 0.15) is 0 Å². The molecule has 1 heterocycles. The second-order valence-electron chi connectivity index (χ2n) is 7.68. The van der Waals surface area contributed by atoms with E-state index in [0.29, 0.717) is 42.5 Å². The highest BCUT2D eigenvalue weighted by atomic mass is 32.2. The van der Waals surface area contributed by atoms with Crippen molar-refractivity contribution >= 4 is 33.1 Å². The predicted molar refractivity (Wildman–Crippen MR) is 111 cm³/mol. The van der Waals surface area contributed by atoms with Crippen LogP contribution in [0.1, 0.15) is 92.5 Å². The predicted octanol–water partition coefficient (Wildman–Crippen LogP) is 4.68. The van der Waals surface area contributed by atoms with Crippen molar-refractivity contribution in [3.05, 3.63) is 28.8 Å². The van der Waals surface area contributed by atoms with Gasteiger partial charge in [0.15, 0.2) is 11.6 Å². The Bertz CT molecular complexity index is 917. The summed E-state index contributed by atoms with van der Waals surface area (Å²) < 4.78 is 31.3. The number of rotatable bonds is 10. The molecule has 28 heavy (non-hydrogen) atoms. The second-order valence-corrected chi connectivity index (χ2v) is 9.26. The number of Topliss-reactive ketones (excluding diaryl/α,β-unsaturated/α-hetero) is 2. The first kappa shape index (κ1) is 22.4. The molecule has 1 atom stereocenters. The Morgan fingerprint density at radius 3 is 2.29 bits per heavy atom. The molecule has 0 bridgehead atoms. The van der Waals surface area contributed by atoms with Crippen molar-refractivity contribution in [2.75, 3.05) is 5.75 Å². The number of aliphatic imine (C=N–C) groups is 1. The lowest BCUT2D eigenvalue weighted by atomic mass is 9.73. The molecule has 6 nitrogen and oxygen atoms in total. The van der Waals surface area contributed by atoms with Crippen LogP contribution in [0.25, 0.3) is 0 Å². The minimum absolute atomic E-state index is 0.0105. The molecule has 0 fully saturated rings. The van der Waals surface area contributed by atoms with Crippen LogP contribution in [0.3, 0.4) is 0 Å². The van der Waals surface area contributed by atoms with E-state index in [-0.39, 0.29) is 23.7 Å². The summed E-state index contributed by atoms with van der Waals surface area (Å²) in [6.45, 7) is 7.66. The van der Waals surface area contributed by atoms with Crippen LogP contribution in [0.4, 0.5) is 5.69 Å². The molecule has 0 aromatic heterocycles. The third-order valence-electron chi connectivity index (χ3n) is 5.41. The van der Waals surface area contributed by atoms with Gasteiger partial charge in [-0.15, -0.1) is 0 Å². The number of nitrogens with zero attached hydrogens (tertiary/aromatic N) is 1. The van der Waals surface area contributed by atoms with Crippen LogP contribution in [0.2, 0.25) is 0 Å². The van der Waals surface area contributed by atoms with Crippen LogP contribution in [-0.2, 0) is 15.5 Å². The summed E-state index contributed by atoms with van der Waals surface area (Å²) >= 11 is 0. The van der Waals surface area contributed by atoms with Crippen molar-refractivity contribution < 1.29 is 22.6 Å². The SMILES string of the molecule is CCCC(=O)c1cc2c(c(C(=O)CCC)c1)C(C)(CCCS(=O)(=O)O)C(C)=N2. The quantitative estimate of drug-likeness (QED) is 0.448. The maximum absolute atomic E-state index is 12.9. The van der Waals surface area contributed by atoms with Gasteiger partial charge in [-0.3, -0.25) is 19.1 Å². The lowest BCUT2D eigenvalue weighted by Gasteiger charge is -2.28.